The summed E-state index contributed by atoms with van der Waals surface area (Å²) in [6.45, 7) is 4.76. The maximum Gasteiger partial charge on any atom is 0.350 e. The molecule has 3 aromatic rings. The Balaban J connectivity index is 1.63. The van der Waals surface area contributed by atoms with Gasteiger partial charge in [0.1, 0.15) is 6.10 Å². The highest BCUT2D eigenvalue weighted by atomic mass is 16.5. The first-order valence-electron chi connectivity index (χ1n) is 8.94. The fraction of sp³-hybridized carbons (Fsp3) is 0.421. The summed E-state index contributed by atoms with van der Waals surface area (Å²) < 4.78 is 8.47. The van der Waals surface area contributed by atoms with Crippen molar-refractivity contribution in [3.8, 4) is 0 Å². The molecule has 1 aliphatic rings. The van der Waals surface area contributed by atoms with Gasteiger partial charge in [-0.25, -0.2) is 13.9 Å². The van der Waals surface area contributed by atoms with Gasteiger partial charge in [-0.3, -0.25) is 4.79 Å². The second-order valence-corrected chi connectivity index (χ2v) is 6.92. The van der Waals surface area contributed by atoms with Crippen LogP contribution in [0.5, 0.6) is 0 Å². The van der Waals surface area contributed by atoms with Crippen LogP contribution in [0.3, 0.4) is 0 Å². The Labute approximate surface area is 150 Å². The maximum atomic E-state index is 12.9. The summed E-state index contributed by atoms with van der Waals surface area (Å²) in [5, 5.41) is 8.41. The fourth-order valence-corrected chi connectivity index (χ4v) is 3.54. The number of benzene rings is 1. The van der Waals surface area contributed by atoms with E-state index in [2.05, 4.69) is 10.4 Å². The van der Waals surface area contributed by atoms with Crippen molar-refractivity contribution in [1.82, 2.24) is 19.5 Å². The van der Waals surface area contributed by atoms with Crippen LogP contribution in [-0.4, -0.2) is 38.8 Å². The lowest BCUT2D eigenvalue weighted by molar-refractivity contribution is -0.130. The molecule has 1 amide bonds. The van der Waals surface area contributed by atoms with Crippen molar-refractivity contribution in [2.45, 2.75) is 45.4 Å². The van der Waals surface area contributed by atoms with Crippen LogP contribution in [0.1, 0.15) is 25.3 Å². The average Bonchev–Trinajstić information content (AvgIpc) is 3.25. The first kappa shape index (κ1) is 16.8. The molecule has 0 bridgehead atoms. The summed E-state index contributed by atoms with van der Waals surface area (Å²) in [5.41, 5.74) is 2.22. The summed E-state index contributed by atoms with van der Waals surface area (Å²) in [5.74, 6) is -0.117. The highest BCUT2D eigenvalue weighted by molar-refractivity contribution is 5.83. The highest BCUT2D eigenvalue weighted by Gasteiger charge is 2.25. The van der Waals surface area contributed by atoms with Crippen LogP contribution < -0.4 is 11.0 Å². The van der Waals surface area contributed by atoms with Crippen molar-refractivity contribution in [3.63, 3.8) is 0 Å². The molecule has 0 radical (unpaired) electrons. The number of fused-ring (bicyclic) bond motifs is 3. The van der Waals surface area contributed by atoms with E-state index in [-0.39, 0.29) is 23.7 Å². The molecule has 0 unspecified atom stereocenters. The summed E-state index contributed by atoms with van der Waals surface area (Å²) in [4.78, 5) is 25.1. The zero-order valence-corrected chi connectivity index (χ0v) is 14.9. The van der Waals surface area contributed by atoms with Crippen LogP contribution in [-0.2, 0) is 16.1 Å². The monoisotopic (exact) mass is 354 g/mol. The number of rotatable bonds is 4. The molecule has 7 nitrogen and oxygen atoms in total. The van der Waals surface area contributed by atoms with E-state index >= 15 is 0 Å². The third kappa shape index (κ3) is 2.88. The Morgan fingerprint density at radius 1 is 1.42 bits per heavy atom. The van der Waals surface area contributed by atoms with E-state index in [1.165, 1.54) is 4.68 Å². The lowest BCUT2D eigenvalue weighted by Crippen LogP contribution is -2.43. The van der Waals surface area contributed by atoms with Crippen LogP contribution in [0.4, 0.5) is 0 Å². The van der Waals surface area contributed by atoms with E-state index in [0.717, 1.165) is 29.3 Å². The van der Waals surface area contributed by atoms with Gasteiger partial charge in [0.25, 0.3) is 0 Å². The molecule has 1 aliphatic heterocycles. The molecule has 136 valence electrons. The first-order valence-corrected chi connectivity index (χ1v) is 8.94. The first-order chi connectivity index (χ1) is 12.5. The zero-order chi connectivity index (χ0) is 18.3. The molecule has 0 aliphatic carbocycles. The predicted octanol–water partition coefficient (Wildman–Crippen LogP) is 1.64. The average molecular weight is 354 g/mol. The minimum atomic E-state index is -0.374. The van der Waals surface area contributed by atoms with Crippen molar-refractivity contribution >= 4 is 22.5 Å². The molecular formula is C19H22N4O3. The van der Waals surface area contributed by atoms with E-state index in [9.17, 15) is 9.59 Å². The van der Waals surface area contributed by atoms with Gasteiger partial charge < -0.3 is 10.1 Å². The lowest BCUT2D eigenvalue weighted by atomic mass is 10.1. The smallest absolute Gasteiger partial charge is 0.350 e. The fourth-order valence-electron chi connectivity index (χ4n) is 3.54. The largest absolute Gasteiger partial charge is 0.368 e. The topological polar surface area (TPSA) is 77.6 Å². The quantitative estimate of drug-likeness (QED) is 0.773. The minimum absolute atomic E-state index is 0.117. The normalized spacial score (nSPS) is 18.5. The number of aryl methyl sites for hydroxylation is 1. The van der Waals surface area contributed by atoms with Crippen molar-refractivity contribution < 1.29 is 9.53 Å². The highest BCUT2D eigenvalue weighted by Crippen LogP contribution is 2.18. The molecule has 2 atom stereocenters. The number of ether oxygens (including phenoxy) is 1. The number of carbonyl (C=O) groups is 1. The van der Waals surface area contributed by atoms with Gasteiger partial charge in [-0.1, -0.05) is 18.2 Å². The second kappa shape index (κ2) is 6.57. The second-order valence-electron chi connectivity index (χ2n) is 6.92. The predicted molar refractivity (Wildman–Crippen MR) is 98.3 cm³/mol. The number of amides is 1. The lowest BCUT2D eigenvalue weighted by Gasteiger charge is -2.16. The Morgan fingerprint density at radius 3 is 3.00 bits per heavy atom. The van der Waals surface area contributed by atoms with Crippen molar-refractivity contribution in [3.05, 3.63) is 46.4 Å². The molecule has 4 rings (SSSR count). The zero-order valence-electron chi connectivity index (χ0n) is 14.9. The number of nitrogens with one attached hydrogen (secondary N) is 1. The van der Waals surface area contributed by atoms with Gasteiger partial charge in [0.15, 0.2) is 5.65 Å². The Kier molecular flexibility index (Phi) is 4.24. The van der Waals surface area contributed by atoms with Gasteiger partial charge in [-0.05, 0) is 49.8 Å². The number of pyridine rings is 1. The van der Waals surface area contributed by atoms with E-state index in [1.54, 1.807) is 4.40 Å². The van der Waals surface area contributed by atoms with Crippen LogP contribution in [0, 0.1) is 6.92 Å². The van der Waals surface area contributed by atoms with Gasteiger partial charge in [-0.15, -0.1) is 5.10 Å². The standard InChI is InChI=1S/C19H22N4O3/c1-12-10-14-6-3-4-7-15(14)23-17(12)21-22(19(23)25)11-13(2)20-18(24)16-8-5-9-26-16/h3-4,6-7,10,13,16H,5,8-9,11H2,1-2H3,(H,20,24)/t13-,16-/m1/s1. The summed E-state index contributed by atoms with van der Waals surface area (Å²) >= 11 is 0. The Morgan fingerprint density at radius 2 is 2.23 bits per heavy atom. The third-order valence-electron chi connectivity index (χ3n) is 4.80. The maximum absolute atomic E-state index is 12.9. The van der Waals surface area contributed by atoms with Gasteiger partial charge in [-0.2, -0.15) is 0 Å². The molecule has 7 heteroatoms. The Hall–Kier alpha value is -2.67. The molecule has 3 heterocycles. The molecule has 2 aromatic heterocycles. The summed E-state index contributed by atoms with van der Waals surface area (Å²) in [6, 6.07) is 9.57. The number of carbonyl (C=O) groups excluding carboxylic acids is 1. The van der Waals surface area contributed by atoms with Crippen LogP contribution >= 0.6 is 0 Å². The minimum Gasteiger partial charge on any atom is -0.368 e. The van der Waals surface area contributed by atoms with E-state index < -0.39 is 0 Å². The molecular weight excluding hydrogens is 332 g/mol. The van der Waals surface area contributed by atoms with Crippen molar-refractivity contribution in [2.75, 3.05) is 6.61 Å². The summed E-state index contributed by atoms with van der Waals surface area (Å²) in [7, 11) is 0. The van der Waals surface area contributed by atoms with Crippen LogP contribution in [0.25, 0.3) is 16.6 Å². The van der Waals surface area contributed by atoms with Gasteiger partial charge >= 0.3 is 5.69 Å². The number of nitrogens with zero attached hydrogens (tertiary/aromatic N) is 3. The van der Waals surface area contributed by atoms with Crippen LogP contribution in [0.2, 0.25) is 0 Å². The summed E-state index contributed by atoms with van der Waals surface area (Å²) in [6.07, 6.45) is 1.28. The molecule has 1 fully saturated rings. The Bertz CT molecular complexity index is 1030. The third-order valence-corrected chi connectivity index (χ3v) is 4.80. The van der Waals surface area contributed by atoms with Crippen molar-refractivity contribution in [1.29, 1.82) is 0 Å². The van der Waals surface area contributed by atoms with Crippen LogP contribution in [0.15, 0.2) is 35.1 Å². The molecule has 0 spiro atoms. The van der Waals surface area contributed by atoms with Gasteiger partial charge in [0.2, 0.25) is 5.91 Å². The number of para-hydroxylation sites is 1. The molecule has 1 aromatic carbocycles. The van der Waals surface area contributed by atoms with E-state index in [1.807, 2.05) is 44.2 Å². The number of hydrogen-bond acceptors (Lipinski definition) is 4. The van der Waals surface area contributed by atoms with Gasteiger partial charge in [0.05, 0.1) is 12.1 Å². The van der Waals surface area contributed by atoms with E-state index in [4.69, 9.17) is 4.74 Å². The number of aromatic nitrogens is 3. The van der Waals surface area contributed by atoms with Crippen molar-refractivity contribution in [2.24, 2.45) is 0 Å². The molecule has 1 saturated heterocycles. The molecule has 26 heavy (non-hydrogen) atoms. The van der Waals surface area contributed by atoms with E-state index in [0.29, 0.717) is 18.8 Å². The number of hydrogen-bond donors (Lipinski definition) is 1. The molecule has 1 N–H and O–H groups in total. The SMILES string of the molecule is Cc1cc2ccccc2n2c(=O)n(C[C@@H](C)NC(=O)[C@H]3CCCO3)nc12. The molecule has 0 saturated carbocycles. The van der Waals surface area contributed by atoms with Gasteiger partial charge in [0, 0.05) is 12.6 Å².